The summed E-state index contributed by atoms with van der Waals surface area (Å²) in [6.45, 7) is 2.05. The zero-order chi connectivity index (χ0) is 16.4. The van der Waals surface area contributed by atoms with Gasteiger partial charge in [0.25, 0.3) is 10.2 Å². The largest absolute Gasteiger partial charge is 0.352 e. The highest BCUT2D eigenvalue weighted by Crippen LogP contribution is 2.16. The summed E-state index contributed by atoms with van der Waals surface area (Å²) in [5.41, 5.74) is 0. The van der Waals surface area contributed by atoms with Crippen molar-refractivity contribution >= 4 is 16.0 Å². The predicted octanol–water partition coefficient (Wildman–Crippen LogP) is -0.409. The van der Waals surface area contributed by atoms with Crippen molar-refractivity contribution in [3.05, 3.63) is 30.9 Å². The van der Waals surface area contributed by atoms with Crippen LogP contribution >= 0.6 is 0 Å². The highest BCUT2D eigenvalue weighted by atomic mass is 32.2. The molecule has 2 aromatic rings. The average molecular weight is 337 g/mol. The molecule has 0 N–H and O–H groups in total. The Labute approximate surface area is 135 Å². The molecule has 0 radical (unpaired) electrons. The Morgan fingerprint density at radius 2 is 1.70 bits per heavy atom. The van der Waals surface area contributed by atoms with Crippen molar-refractivity contribution in [1.82, 2.24) is 28.4 Å². The summed E-state index contributed by atoms with van der Waals surface area (Å²) in [6.07, 6.45) is 5.14. The lowest BCUT2D eigenvalue weighted by atomic mass is 10.3. The van der Waals surface area contributed by atoms with Crippen molar-refractivity contribution < 1.29 is 8.42 Å². The second kappa shape index (κ2) is 6.22. The van der Waals surface area contributed by atoms with Crippen LogP contribution in [-0.4, -0.2) is 77.1 Å². The number of anilines is 1. The molecular weight excluding hydrogens is 318 g/mol. The maximum Gasteiger partial charge on any atom is 0.281 e. The quantitative estimate of drug-likeness (QED) is 0.754. The molecule has 1 aliphatic heterocycles. The van der Waals surface area contributed by atoms with E-state index in [0.29, 0.717) is 32.0 Å². The molecule has 0 aromatic carbocycles. The molecule has 2 aromatic heterocycles. The van der Waals surface area contributed by atoms with Crippen molar-refractivity contribution in [3.63, 3.8) is 0 Å². The molecule has 3 heterocycles. The number of hydrogen-bond donors (Lipinski definition) is 0. The van der Waals surface area contributed by atoms with Crippen molar-refractivity contribution in [2.75, 3.05) is 45.2 Å². The average Bonchev–Trinajstić information content (AvgIpc) is 3.09. The monoisotopic (exact) mass is 337 g/mol. The topological polar surface area (TPSA) is 87.5 Å². The fraction of sp³-hybridized carbons (Fsp3) is 0.462. The third kappa shape index (κ3) is 3.19. The first-order valence-corrected chi connectivity index (χ1v) is 8.63. The molecule has 0 aliphatic carbocycles. The summed E-state index contributed by atoms with van der Waals surface area (Å²) in [7, 11) is -0.261. The minimum Gasteiger partial charge on any atom is -0.352 e. The summed E-state index contributed by atoms with van der Waals surface area (Å²) in [5.74, 6) is 1.44. The highest BCUT2D eigenvalue weighted by Gasteiger charge is 2.29. The van der Waals surface area contributed by atoms with E-state index in [1.54, 1.807) is 37.4 Å². The van der Waals surface area contributed by atoms with Gasteiger partial charge in [-0.3, -0.25) is 4.57 Å². The van der Waals surface area contributed by atoms with Crippen LogP contribution in [0, 0.1) is 0 Å². The summed E-state index contributed by atoms with van der Waals surface area (Å²) in [4.78, 5) is 6.01. The van der Waals surface area contributed by atoms with Gasteiger partial charge in [-0.2, -0.15) is 17.0 Å². The van der Waals surface area contributed by atoms with Crippen molar-refractivity contribution in [1.29, 1.82) is 0 Å². The van der Waals surface area contributed by atoms with Crippen molar-refractivity contribution in [3.8, 4) is 5.82 Å². The molecule has 23 heavy (non-hydrogen) atoms. The normalized spacial score (nSPS) is 16.9. The van der Waals surface area contributed by atoms with Crippen LogP contribution in [0.1, 0.15) is 0 Å². The van der Waals surface area contributed by atoms with Crippen LogP contribution in [0.2, 0.25) is 0 Å². The second-order valence-corrected chi connectivity index (χ2v) is 7.54. The molecule has 1 saturated heterocycles. The van der Waals surface area contributed by atoms with Gasteiger partial charge in [-0.25, -0.2) is 4.98 Å². The lowest BCUT2D eigenvalue weighted by Gasteiger charge is -2.35. The van der Waals surface area contributed by atoms with Crippen LogP contribution in [-0.2, 0) is 10.2 Å². The molecule has 0 unspecified atom stereocenters. The van der Waals surface area contributed by atoms with E-state index in [-0.39, 0.29) is 0 Å². The van der Waals surface area contributed by atoms with E-state index in [2.05, 4.69) is 15.2 Å². The molecule has 0 atom stereocenters. The Hall–Kier alpha value is -2.04. The summed E-state index contributed by atoms with van der Waals surface area (Å²) < 4.78 is 28.7. The molecule has 9 nitrogen and oxygen atoms in total. The van der Waals surface area contributed by atoms with Gasteiger partial charge in [0, 0.05) is 52.7 Å². The Morgan fingerprint density at radius 1 is 1.04 bits per heavy atom. The van der Waals surface area contributed by atoms with Gasteiger partial charge < -0.3 is 4.90 Å². The summed E-state index contributed by atoms with van der Waals surface area (Å²) in [6, 6.07) is 3.76. The van der Waals surface area contributed by atoms with Gasteiger partial charge in [0.2, 0.25) is 0 Å². The zero-order valence-corrected chi connectivity index (χ0v) is 13.9. The maximum absolute atomic E-state index is 12.1. The standard InChI is InChI=1S/C13H19N7O2S/c1-17(2)23(21,22)20-9-7-18(8-10-20)12-3-4-13(16-15-12)19-6-5-14-11-19/h3-6,11H,7-10H2,1-2H3. The van der Waals surface area contributed by atoms with E-state index < -0.39 is 10.2 Å². The van der Waals surface area contributed by atoms with E-state index in [1.165, 1.54) is 8.61 Å². The lowest BCUT2D eigenvalue weighted by Crippen LogP contribution is -2.51. The van der Waals surface area contributed by atoms with E-state index in [1.807, 2.05) is 17.0 Å². The molecule has 0 amide bonds. The fourth-order valence-corrected chi connectivity index (χ4v) is 3.48. The zero-order valence-electron chi connectivity index (χ0n) is 13.1. The van der Waals surface area contributed by atoms with Gasteiger partial charge in [0.1, 0.15) is 6.33 Å². The smallest absolute Gasteiger partial charge is 0.281 e. The molecule has 124 valence electrons. The first-order chi connectivity index (χ1) is 11.0. The third-order valence-electron chi connectivity index (χ3n) is 3.76. The molecular formula is C13H19N7O2S. The van der Waals surface area contributed by atoms with E-state index in [0.717, 1.165) is 5.82 Å². The molecule has 0 spiro atoms. The minimum atomic E-state index is -3.35. The van der Waals surface area contributed by atoms with E-state index >= 15 is 0 Å². The van der Waals surface area contributed by atoms with Crippen LogP contribution in [0.4, 0.5) is 5.82 Å². The number of hydrogen-bond acceptors (Lipinski definition) is 6. The van der Waals surface area contributed by atoms with Gasteiger partial charge in [0.15, 0.2) is 11.6 Å². The van der Waals surface area contributed by atoms with Crippen LogP contribution in [0.5, 0.6) is 0 Å². The molecule has 0 bridgehead atoms. The van der Waals surface area contributed by atoms with Crippen LogP contribution < -0.4 is 4.90 Å². The minimum absolute atomic E-state index is 0.436. The van der Waals surface area contributed by atoms with Gasteiger partial charge in [-0.15, -0.1) is 10.2 Å². The lowest BCUT2D eigenvalue weighted by molar-refractivity contribution is 0.354. The van der Waals surface area contributed by atoms with Gasteiger partial charge in [0.05, 0.1) is 0 Å². The molecule has 1 aliphatic rings. The first-order valence-electron chi connectivity index (χ1n) is 7.23. The van der Waals surface area contributed by atoms with E-state index in [9.17, 15) is 8.42 Å². The van der Waals surface area contributed by atoms with Crippen LogP contribution in [0.15, 0.2) is 30.9 Å². The Morgan fingerprint density at radius 3 is 2.22 bits per heavy atom. The number of aromatic nitrogens is 4. The van der Waals surface area contributed by atoms with Crippen molar-refractivity contribution in [2.45, 2.75) is 0 Å². The Kier molecular flexibility index (Phi) is 4.28. The van der Waals surface area contributed by atoms with Crippen LogP contribution in [0.25, 0.3) is 5.82 Å². The second-order valence-electron chi connectivity index (χ2n) is 5.40. The fourth-order valence-electron chi connectivity index (χ4n) is 2.40. The van der Waals surface area contributed by atoms with Crippen LogP contribution in [0.3, 0.4) is 0 Å². The third-order valence-corrected chi connectivity index (χ3v) is 5.70. The Balaban J connectivity index is 1.66. The summed E-state index contributed by atoms with van der Waals surface area (Å²) >= 11 is 0. The number of imidazole rings is 1. The molecule has 3 rings (SSSR count). The first kappa shape index (κ1) is 15.8. The summed E-state index contributed by atoms with van der Waals surface area (Å²) in [5, 5.41) is 8.41. The molecule has 1 fully saturated rings. The Bertz CT molecular complexity index is 735. The molecule has 0 saturated carbocycles. The van der Waals surface area contributed by atoms with Gasteiger partial charge >= 0.3 is 0 Å². The SMILES string of the molecule is CN(C)S(=O)(=O)N1CCN(c2ccc(-n3ccnc3)nn2)CC1. The molecule has 10 heteroatoms. The highest BCUT2D eigenvalue weighted by molar-refractivity contribution is 7.86. The number of rotatable bonds is 4. The maximum atomic E-state index is 12.1. The van der Waals surface area contributed by atoms with Gasteiger partial charge in [-0.05, 0) is 12.1 Å². The van der Waals surface area contributed by atoms with Gasteiger partial charge in [-0.1, -0.05) is 0 Å². The van der Waals surface area contributed by atoms with E-state index in [4.69, 9.17) is 0 Å². The predicted molar refractivity (Wildman–Crippen MR) is 85.5 cm³/mol. The number of piperazine rings is 1. The van der Waals surface area contributed by atoms with Crippen molar-refractivity contribution in [2.24, 2.45) is 0 Å². The number of nitrogens with zero attached hydrogens (tertiary/aromatic N) is 7.